The number of halogens is 2. The number of hydrogen-bond acceptors (Lipinski definition) is 2. The lowest BCUT2D eigenvalue weighted by molar-refractivity contribution is 1.01. The Kier molecular flexibility index (Phi) is 4.25. The maximum Gasteiger partial charge on any atom is 0.0597 e. The molecule has 0 saturated carbocycles. The largest absolute Gasteiger partial charge is 0.378 e. The first-order valence-electron chi connectivity index (χ1n) is 5.68. The average molecular weight is 326 g/mol. The van der Waals surface area contributed by atoms with Gasteiger partial charge in [-0.1, -0.05) is 17.7 Å². The predicted octanol–water partition coefficient (Wildman–Crippen LogP) is 4.73. The minimum Gasteiger partial charge on any atom is -0.378 e. The highest BCUT2D eigenvalue weighted by atomic mass is 79.9. The second kappa shape index (κ2) is 5.72. The molecular formula is C14H14BrClN2. The molecule has 1 N–H and O–H groups in total. The molecule has 0 unspecified atom stereocenters. The van der Waals surface area contributed by atoms with Crippen molar-refractivity contribution in [3.8, 4) is 0 Å². The van der Waals surface area contributed by atoms with Crippen LogP contribution >= 0.6 is 27.5 Å². The van der Waals surface area contributed by atoms with Gasteiger partial charge in [0.1, 0.15) is 0 Å². The third kappa shape index (κ3) is 3.24. The summed E-state index contributed by atoms with van der Waals surface area (Å²) in [5.41, 5.74) is 4.07. The monoisotopic (exact) mass is 324 g/mol. The van der Waals surface area contributed by atoms with Gasteiger partial charge >= 0.3 is 0 Å². The second-order valence-corrected chi connectivity index (χ2v) is 5.47. The first-order valence-corrected chi connectivity index (χ1v) is 6.85. The van der Waals surface area contributed by atoms with Crippen molar-refractivity contribution < 1.29 is 0 Å². The van der Waals surface area contributed by atoms with Crippen molar-refractivity contribution in [3.63, 3.8) is 0 Å². The van der Waals surface area contributed by atoms with E-state index >= 15 is 0 Å². The Morgan fingerprint density at radius 2 is 2.06 bits per heavy atom. The highest BCUT2D eigenvalue weighted by Gasteiger charge is 2.04. The molecule has 0 aliphatic rings. The van der Waals surface area contributed by atoms with Crippen LogP contribution in [0.3, 0.4) is 0 Å². The summed E-state index contributed by atoms with van der Waals surface area (Å²) >= 11 is 9.64. The first-order chi connectivity index (χ1) is 8.56. The summed E-state index contributed by atoms with van der Waals surface area (Å²) in [4.78, 5) is 4.45. The molecule has 0 spiro atoms. The van der Waals surface area contributed by atoms with Crippen LogP contribution in [0, 0.1) is 13.8 Å². The quantitative estimate of drug-likeness (QED) is 0.882. The van der Waals surface area contributed by atoms with Gasteiger partial charge in [-0.15, -0.1) is 0 Å². The fourth-order valence-electron chi connectivity index (χ4n) is 1.67. The zero-order valence-electron chi connectivity index (χ0n) is 10.3. The summed E-state index contributed by atoms with van der Waals surface area (Å²) in [6.45, 7) is 4.65. The van der Waals surface area contributed by atoms with Crippen molar-refractivity contribution in [2.75, 3.05) is 5.32 Å². The van der Waals surface area contributed by atoms with Crippen LogP contribution in [0.4, 0.5) is 5.69 Å². The van der Waals surface area contributed by atoms with Gasteiger partial charge in [-0.2, -0.15) is 0 Å². The van der Waals surface area contributed by atoms with Crippen LogP contribution in [0.5, 0.6) is 0 Å². The molecule has 4 heteroatoms. The Balaban J connectivity index is 2.13. The molecular weight excluding hydrogens is 312 g/mol. The number of hydrogen-bond donors (Lipinski definition) is 1. The SMILES string of the molecule is Cc1cccc(CNc2cc(Cl)c(C)cc2Br)n1. The minimum atomic E-state index is 0.680. The van der Waals surface area contributed by atoms with Crippen LogP contribution in [-0.4, -0.2) is 4.98 Å². The molecule has 18 heavy (non-hydrogen) atoms. The summed E-state index contributed by atoms with van der Waals surface area (Å²) in [5, 5.41) is 4.09. The fraction of sp³-hybridized carbons (Fsp3) is 0.214. The molecule has 0 amide bonds. The number of rotatable bonds is 3. The van der Waals surface area contributed by atoms with Gasteiger partial charge in [-0.05, 0) is 59.6 Å². The normalized spacial score (nSPS) is 10.4. The van der Waals surface area contributed by atoms with Crippen molar-refractivity contribution in [2.45, 2.75) is 20.4 Å². The van der Waals surface area contributed by atoms with E-state index in [2.05, 4.69) is 26.2 Å². The maximum atomic E-state index is 6.12. The van der Waals surface area contributed by atoms with Gasteiger partial charge in [0, 0.05) is 15.2 Å². The zero-order chi connectivity index (χ0) is 13.1. The van der Waals surface area contributed by atoms with Crippen LogP contribution < -0.4 is 5.32 Å². The van der Waals surface area contributed by atoms with Crippen LogP contribution in [-0.2, 0) is 6.54 Å². The van der Waals surface area contributed by atoms with E-state index in [0.717, 1.165) is 32.1 Å². The molecule has 0 radical (unpaired) electrons. The Labute approximate surface area is 121 Å². The number of anilines is 1. The summed E-state index contributed by atoms with van der Waals surface area (Å²) < 4.78 is 1.01. The summed E-state index contributed by atoms with van der Waals surface area (Å²) in [5.74, 6) is 0. The Hall–Kier alpha value is -1.06. The highest BCUT2D eigenvalue weighted by Crippen LogP contribution is 2.29. The van der Waals surface area contributed by atoms with Crippen molar-refractivity contribution >= 4 is 33.2 Å². The Morgan fingerprint density at radius 3 is 2.78 bits per heavy atom. The van der Waals surface area contributed by atoms with E-state index in [4.69, 9.17) is 11.6 Å². The molecule has 94 valence electrons. The van der Waals surface area contributed by atoms with E-state index in [-0.39, 0.29) is 0 Å². The number of benzene rings is 1. The molecule has 2 rings (SSSR count). The Bertz CT molecular complexity index is 570. The summed E-state index contributed by atoms with van der Waals surface area (Å²) in [6.07, 6.45) is 0. The van der Waals surface area contributed by atoms with Crippen molar-refractivity contribution in [3.05, 3.63) is 56.8 Å². The van der Waals surface area contributed by atoms with Gasteiger partial charge in [-0.3, -0.25) is 4.98 Å². The minimum absolute atomic E-state index is 0.680. The lowest BCUT2D eigenvalue weighted by atomic mass is 10.2. The molecule has 0 bridgehead atoms. The van der Waals surface area contributed by atoms with Crippen molar-refractivity contribution in [1.29, 1.82) is 0 Å². The number of nitrogens with zero attached hydrogens (tertiary/aromatic N) is 1. The molecule has 0 aliphatic carbocycles. The van der Waals surface area contributed by atoms with Crippen LogP contribution in [0.2, 0.25) is 5.02 Å². The molecule has 1 aromatic carbocycles. The number of nitrogens with one attached hydrogen (secondary N) is 1. The summed E-state index contributed by atoms with van der Waals surface area (Å²) in [6, 6.07) is 9.94. The zero-order valence-corrected chi connectivity index (χ0v) is 12.6. The Morgan fingerprint density at radius 1 is 1.28 bits per heavy atom. The molecule has 0 fully saturated rings. The third-order valence-electron chi connectivity index (χ3n) is 2.65. The van der Waals surface area contributed by atoms with Crippen LogP contribution in [0.25, 0.3) is 0 Å². The molecule has 0 aliphatic heterocycles. The van der Waals surface area contributed by atoms with Gasteiger partial charge in [0.2, 0.25) is 0 Å². The lowest BCUT2D eigenvalue weighted by Crippen LogP contribution is -2.03. The summed E-state index contributed by atoms with van der Waals surface area (Å²) in [7, 11) is 0. The number of aryl methyl sites for hydroxylation is 2. The lowest BCUT2D eigenvalue weighted by Gasteiger charge is -2.10. The fourth-order valence-corrected chi connectivity index (χ4v) is 2.43. The molecule has 0 saturated heterocycles. The molecule has 2 aromatic rings. The number of pyridine rings is 1. The van der Waals surface area contributed by atoms with Gasteiger partial charge in [0.25, 0.3) is 0 Å². The van der Waals surface area contributed by atoms with Gasteiger partial charge in [-0.25, -0.2) is 0 Å². The van der Waals surface area contributed by atoms with E-state index in [0.29, 0.717) is 6.54 Å². The molecule has 1 aromatic heterocycles. The van der Waals surface area contributed by atoms with Gasteiger partial charge in [0.15, 0.2) is 0 Å². The van der Waals surface area contributed by atoms with E-state index in [1.807, 2.05) is 44.2 Å². The highest BCUT2D eigenvalue weighted by molar-refractivity contribution is 9.10. The van der Waals surface area contributed by atoms with E-state index in [1.54, 1.807) is 0 Å². The third-order valence-corrected chi connectivity index (χ3v) is 3.72. The second-order valence-electron chi connectivity index (χ2n) is 4.21. The van der Waals surface area contributed by atoms with Crippen molar-refractivity contribution in [2.24, 2.45) is 0 Å². The smallest absolute Gasteiger partial charge is 0.0597 e. The molecule has 1 heterocycles. The standard InChI is InChI=1S/C14H14BrClN2/c1-9-6-12(15)14(7-13(9)16)17-8-11-5-3-4-10(2)18-11/h3-7,17H,8H2,1-2H3. The average Bonchev–Trinajstić information content (AvgIpc) is 2.32. The maximum absolute atomic E-state index is 6.12. The molecule has 2 nitrogen and oxygen atoms in total. The van der Waals surface area contributed by atoms with Gasteiger partial charge in [0.05, 0.1) is 17.9 Å². The van der Waals surface area contributed by atoms with E-state index in [1.165, 1.54) is 0 Å². The van der Waals surface area contributed by atoms with E-state index in [9.17, 15) is 0 Å². The van der Waals surface area contributed by atoms with Crippen LogP contribution in [0.15, 0.2) is 34.8 Å². The number of aromatic nitrogens is 1. The van der Waals surface area contributed by atoms with Gasteiger partial charge < -0.3 is 5.32 Å². The topological polar surface area (TPSA) is 24.9 Å². The van der Waals surface area contributed by atoms with Crippen LogP contribution in [0.1, 0.15) is 17.0 Å². The molecule has 0 atom stereocenters. The van der Waals surface area contributed by atoms with E-state index < -0.39 is 0 Å². The first kappa shape index (κ1) is 13.4. The predicted molar refractivity (Wildman–Crippen MR) is 80.2 cm³/mol. The van der Waals surface area contributed by atoms with Crippen molar-refractivity contribution in [1.82, 2.24) is 4.98 Å².